The number of aryl methyl sites for hydroxylation is 1. The van der Waals surface area contributed by atoms with Gasteiger partial charge in [0.2, 0.25) is 0 Å². The predicted octanol–water partition coefficient (Wildman–Crippen LogP) is 3.23. The Bertz CT molecular complexity index is 1010. The lowest BCUT2D eigenvalue weighted by Crippen LogP contribution is -2.40. The third kappa shape index (κ3) is 3.04. The Kier molecular flexibility index (Phi) is 4.34. The van der Waals surface area contributed by atoms with Crippen LogP contribution in [-0.2, 0) is 13.0 Å². The van der Waals surface area contributed by atoms with Crippen LogP contribution < -0.4 is 10.9 Å². The lowest BCUT2D eigenvalue weighted by Gasteiger charge is -2.29. The summed E-state index contributed by atoms with van der Waals surface area (Å²) in [6.07, 6.45) is 0.764. The lowest BCUT2D eigenvalue weighted by molar-refractivity contribution is 0.396. The molecule has 0 bridgehead atoms. The maximum atomic E-state index is 12.8. The number of hydrogen-bond acceptors (Lipinski definition) is 2. The van der Waals surface area contributed by atoms with Crippen molar-refractivity contribution in [3.63, 3.8) is 0 Å². The number of aromatic nitrogens is 2. The zero-order chi connectivity index (χ0) is 18.1. The fourth-order valence-corrected chi connectivity index (χ4v) is 3.51. The monoisotopic (exact) mass is 364 g/mol. The molecular formula is C20H20N4OS. The van der Waals surface area contributed by atoms with E-state index < -0.39 is 0 Å². The SMILES string of the molecule is Cc1ccccc1NC(=S)N1CCc2[nH]n(-c3ccccc3)c(=O)c2C1. The van der Waals surface area contributed by atoms with Crippen molar-refractivity contribution in [2.24, 2.45) is 0 Å². The molecule has 2 aromatic carbocycles. The van der Waals surface area contributed by atoms with E-state index in [9.17, 15) is 4.79 Å². The molecule has 5 nitrogen and oxygen atoms in total. The highest BCUT2D eigenvalue weighted by molar-refractivity contribution is 7.80. The summed E-state index contributed by atoms with van der Waals surface area (Å²) < 4.78 is 1.62. The molecule has 1 aromatic heterocycles. The van der Waals surface area contributed by atoms with Crippen molar-refractivity contribution in [1.29, 1.82) is 0 Å². The zero-order valence-corrected chi connectivity index (χ0v) is 15.3. The first kappa shape index (κ1) is 16.6. The number of nitrogens with zero attached hydrogens (tertiary/aromatic N) is 2. The molecule has 3 aromatic rings. The summed E-state index contributed by atoms with van der Waals surface area (Å²) in [5, 5.41) is 7.21. The van der Waals surface area contributed by atoms with Crippen LogP contribution in [-0.4, -0.2) is 26.3 Å². The molecule has 0 saturated heterocycles. The summed E-state index contributed by atoms with van der Waals surface area (Å²) in [6, 6.07) is 17.7. The second-order valence-electron chi connectivity index (χ2n) is 6.46. The molecule has 0 unspecified atom stereocenters. The number of para-hydroxylation sites is 2. The standard InChI is InChI=1S/C20H20N4OS/c1-14-7-5-6-10-17(14)21-20(26)23-12-11-18-16(13-23)19(25)24(22-18)15-8-3-2-4-9-15/h2-10,22H,11-13H2,1H3,(H,21,26). The highest BCUT2D eigenvalue weighted by Crippen LogP contribution is 2.19. The molecule has 26 heavy (non-hydrogen) atoms. The molecule has 0 aliphatic carbocycles. The number of H-pyrrole nitrogens is 1. The average Bonchev–Trinajstić information content (AvgIpc) is 3.00. The van der Waals surface area contributed by atoms with Crippen molar-refractivity contribution in [2.45, 2.75) is 19.9 Å². The summed E-state index contributed by atoms with van der Waals surface area (Å²) >= 11 is 5.58. The second-order valence-corrected chi connectivity index (χ2v) is 6.85. The zero-order valence-electron chi connectivity index (χ0n) is 14.5. The Hall–Kier alpha value is -2.86. The molecule has 4 rings (SSSR count). The van der Waals surface area contributed by atoms with Crippen LogP contribution in [0.5, 0.6) is 0 Å². The minimum absolute atomic E-state index is 0.00501. The quantitative estimate of drug-likeness (QED) is 0.686. The van der Waals surface area contributed by atoms with Crippen molar-refractivity contribution in [3.05, 3.63) is 81.8 Å². The lowest BCUT2D eigenvalue weighted by atomic mass is 10.1. The molecule has 0 radical (unpaired) electrons. The van der Waals surface area contributed by atoms with Gasteiger partial charge >= 0.3 is 0 Å². The van der Waals surface area contributed by atoms with E-state index in [2.05, 4.69) is 15.3 Å². The van der Waals surface area contributed by atoms with Gasteiger partial charge in [-0.3, -0.25) is 9.89 Å². The van der Waals surface area contributed by atoms with Crippen molar-refractivity contribution in [1.82, 2.24) is 14.7 Å². The highest BCUT2D eigenvalue weighted by atomic mass is 32.1. The highest BCUT2D eigenvalue weighted by Gasteiger charge is 2.24. The summed E-state index contributed by atoms with van der Waals surface area (Å²) in [5.74, 6) is 0. The predicted molar refractivity (Wildman–Crippen MR) is 108 cm³/mol. The van der Waals surface area contributed by atoms with E-state index in [1.165, 1.54) is 0 Å². The summed E-state index contributed by atoms with van der Waals surface area (Å²) in [7, 11) is 0. The van der Waals surface area contributed by atoms with Crippen LogP contribution in [0.1, 0.15) is 16.8 Å². The normalized spacial score (nSPS) is 13.3. The summed E-state index contributed by atoms with van der Waals surface area (Å²) in [6.45, 7) is 3.34. The van der Waals surface area contributed by atoms with Crippen LogP contribution in [0.4, 0.5) is 5.69 Å². The van der Waals surface area contributed by atoms with Gasteiger partial charge in [-0.25, -0.2) is 4.68 Å². The van der Waals surface area contributed by atoms with Gasteiger partial charge in [-0.15, -0.1) is 0 Å². The van der Waals surface area contributed by atoms with Crippen molar-refractivity contribution < 1.29 is 0 Å². The van der Waals surface area contributed by atoms with Crippen LogP contribution in [0, 0.1) is 6.92 Å². The van der Waals surface area contributed by atoms with E-state index in [1.54, 1.807) is 4.68 Å². The molecule has 0 saturated carbocycles. The van der Waals surface area contributed by atoms with Gasteiger partial charge in [0.1, 0.15) is 0 Å². The third-order valence-electron chi connectivity index (χ3n) is 4.74. The number of nitrogens with one attached hydrogen (secondary N) is 2. The van der Waals surface area contributed by atoms with E-state index >= 15 is 0 Å². The Morgan fingerprint density at radius 3 is 2.62 bits per heavy atom. The fourth-order valence-electron chi connectivity index (χ4n) is 3.24. The van der Waals surface area contributed by atoms with Crippen LogP contribution in [0.15, 0.2) is 59.4 Å². The molecule has 0 spiro atoms. The van der Waals surface area contributed by atoms with Crippen molar-refractivity contribution in [3.8, 4) is 5.69 Å². The van der Waals surface area contributed by atoms with Gasteiger partial charge in [0.05, 0.1) is 17.8 Å². The van der Waals surface area contributed by atoms with Crippen LogP contribution >= 0.6 is 12.2 Å². The first-order valence-electron chi connectivity index (χ1n) is 8.63. The Labute approximate surface area is 157 Å². The van der Waals surface area contributed by atoms with E-state index in [1.807, 2.05) is 61.5 Å². The fraction of sp³-hybridized carbons (Fsp3) is 0.200. The average molecular weight is 364 g/mol. The molecule has 132 valence electrons. The molecule has 1 aliphatic heterocycles. The molecule has 0 atom stereocenters. The molecular weight excluding hydrogens is 344 g/mol. The third-order valence-corrected chi connectivity index (χ3v) is 5.10. The van der Waals surface area contributed by atoms with Crippen LogP contribution in [0.25, 0.3) is 5.69 Å². The summed E-state index contributed by atoms with van der Waals surface area (Å²) in [5.41, 5.74) is 4.76. The van der Waals surface area contributed by atoms with Crippen molar-refractivity contribution in [2.75, 3.05) is 11.9 Å². The first-order chi connectivity index (χ1) is 12.6. The Balaban J connectivity index is 1.56. The van der Waals surface area contributed by atoms with E-state index in [0.717, 1.165) is 41.2 Å². The van der Waals surface area contributed by atoms with E-state index in [0.29, 0.717) is 11.7 Å². The van der Waals surface area contributed by atoms with Crippen LogP contribution in [0.3, 0.4) is 0 Å². The molecule has 2 heterocycles. The number of rotatable bonds is 2. The van der Waals surface area contributed by atoms with Gasteiger partial charge in [-0.2, -0.15) is 0 Å². The maximum absolute atomic E-state index is 12.8. The molecule has 2 N–H and O–H groups in total. The number of hydrogen-bond donors (Lipinski definition) is 2. The molecule has 6 heteroatoms. The van der Waals surface area contributed by atoms with E-state index in [4.69, 9.17) is 12.2 Å². The summed E-state index contributed by atoms with van der Waals surface area (Å²) in [4.78, 5) is 14.9. The van der Waals surface area contributed by atoms with Crippen molar-refractivity contribution >= 4 is 23.0 Å². The Morgan fingerprint density at radius 1 is 1.12 bits per heavy atom. The van der Waals surface area contributed by atoms with Gasteiger partial charge in [0.25, 0.3) is 5.56 Å². The number of aromatic amines is 1. The molecule has 1 aliphatic rings. The second kappa shape index (κ2) is 6.80. The maximum Gasteiger partial charge on any atom is 0.276 e. The van der Waals surface area contributed by atoms with Gasteiger partial charge in [0, 0.05) is 24.3 Å². The minimum Gasteiger partial charge on any atom is -0.344 e. The van der Waals surface area contributed by atoms with Gasteiger partial charge in [-0.05, 0) is 42.9 Å². The molecule has 0 fully saturated rings. The number of benzene rings is 2. The largest absolute Gasteiger partial charge is 0.344 e. The number of fused-ring (bicyclic) bond motifs is 1. The Morgan fingerprint density at radius 2 is 1.85 bits per heavy atom. The van der Waals surface area contributed by atoms with Gasteiger partial charge < -0.3 is 10.2 Å². The number of anilines is 1. The number of thiocarbonyl (C=S) groups is 1. The first-order valence-corrected chi connectivity index (χ1v) is 9.04. The topological polar surface area (TPSA) is 53.1 Å². The van der Waals surface area contributed by atoms with Crippen LogP contribution in [0.2, 0.25) is 0 Å². The minimum atomic E-state index is -0.00501. The van der Waals surface area contributed by atoms with Gasteiger partial charge in [-0.1, -0.05) is 36.4 Å². The van der Waals surface area contributed by atoms with E-state index in [-0.39, 0.29) is 5.56 Å². The smallest absolute Gasteiger partial charge is 0.276 e. The molecule has 0 amide bonds. The van der Waals surface area contributed by atoms with Gasteiger partial charge in [0.15, 0.2) is 5.11 Å².